The van der Waals surface area contributed by atoms with Gasteiger partial charge < -0.3 is 4.74 Å². The van der Waals surface area contributed by atoms with Gasteiger partial charge in [-0.25, -0.2) is 14.8 Å². The van der Waals surface area contributed by atoms with Crippen LogP contribution in [0.25, 0.3) is 0 Å². The number of aromatic nitrogens is 2. The molecule has 1 atom stereocenters. The van der Waals surface area contributed by atoms with E-state index in [0.717, 1.165) is 11.1 Å². The highest BCUT2D eigenvalue weighted by Gasteiger charge is 2.38. The third-order valence-corrected chi connectivity index (χ3v) is 4.23. The Bertz CT molecular complexity index is 871. The van der Waals surface area contributed by atoms with Gasteiger partial charge in [-0.3, -0.25) is 4.99 Å². The molecular formula is C22H21N3O2. The molecule has 0 saturated heterocycles. The molecule has 1 aromatic heterocycles. The highest BCUT2D eigenvalue weighted by Crippen LogP contribution is 2.28. The number of nitrogens with zero attached hydrogens (tertiary/aromatic N) is 3. The first kappa shape index (κ1) is 18.5. The largest absolute Gasteiger partial charge is 0.464 e. The second-order valence-corrected chi connectivity index (χ2v) is 6.11. The summed E-state index contributed by atoms with van der Waals surface area (Å²) in [5.41, 5.74) is 1.84. The Morgan fingerprint density at radius 3 is 1.96 bits per heavy atom. The third kappa shape index (κ3) is 4.08. The van der Waals surface area contributed by atoms with Crippen molar-refractivity contribution in [2.24, 2.45) is 4.99 Å². The first-order valence-electron chi connectivity index (χ1n) is 8.78. The van der Waals surface area contributed by atoms with E-state index in [0.29, 0.717) is 11.3 Å². The van der Waals surface area contributed by atoms with Gasteiger partial charge in [0.25, 0.3) is 0 Å². The van der Waals surface area contributed by atoms with Gasteiger partial charge in [-0.05, 0) is 13.8 Å². The SMILES string of the molecule is CCOC(=O)[C@@](C)(N=C(c1ccccc1)c1ccccc1)c1cncnc1. The maximum absolute atomic E-state index is 12.9. The van der Waals surface area contributed by atoms with Crippen LogP contribution in [0.3, 0.4) is 0 Å². The minimum Gasteiger partial charge on any atom is -0.464 e. The standard InChI is InChI=1S/C22H21N3O2/c1-3-27-21(26)22(2,19-14-23-16-24-15-19)25-20(17-10-6-4-7-11-17)18-12-8-5-9-13-18/h4-16H,3H2,1-2H3/t22-/m0/s1. The fourth-order valence-electron chi connectivity index (χ4n) is 2.76. The van der Waals surface area contributed by atoms with Crippen molar-refractivity contribution >= 4 is 11.7 Å². The van der Waals surface area contributed by atoms with Crippen molar-refractivity contribution in [1.82, 2.24) is 9.97 Å². The zero-order valence-corrected chi connectivity index (χ0v) is 15.4. The van der Waals surface area contributed by atoms with Crippen molar-refractivity contribution in [1.29, 1.82) is 0 Å². The van der Waals surface area contributed by atoms with Crippen LogP contribution in [0.4, 0.5) is 0 Å². The van der Waals surface area contributed by atoms with Crippen LogP contribution in [0.15, 0.2) is 84.4 Å². The number of rotatable bonds is 6. The van der Waals surface area contributed by atoms with Gasteiger partial charge in [0.1, 0.15) is 6.33 Å². The molecule has 3 rings (SSSR count). The average Bonchev–Trinajstić information content (AvgIpc) is 2.74. The molecule has 3 aromatic rings. The summed E-state index contributed by atoms with van der Waals surface area (Å²) in [5, 5.41) is 0. The Balaban J connectivity index is 2.22. The number of carbonyl (C=O) groups excluding carboxylic acids is 1. The Kier molecular flexibility index (Phi) is 5.71. The second kappa shape index (κ2) is 8.36. The molecule has 0 spiro atoms. The molecular weight excluding hydrogens is 338 g/mol. The molecule has 0 radical (unpaired) electrons. The van der Waals surface area contributed by atoms with Crippen LogP contribution in [0, 0.1) is 0 Å². The minimum atomic E-state index is -1.27. The van der Waals surface area contributed by atoms with Crippen LogP contribution in [0.2, 0.25) is 0 Å². The summed E-state index contributed by atoms with van der Waals surface area (Å²) in [6, 6.07) is 19.6. The van der Waals surface area contributed by atoms with Crippen molar-refractivity contribution in [2.45, 2.75) is 19.4 Å². The molecule has 0 unspecified atom stereocenters. The first-order valence-corrected chi connectivity index (χ1v) is 8.78. The van der Waals surface area contributed by atoms with E-state index in [1.54, 1.807) is 26.2 Å². The quantitative estimate of drug-likeness (QED) is 0.496. The van der Waals surface area contributed by atoms with Gasteiger partial charge in [-0.2, -0.15) is 0 Å². The lowest BCUT2D eigenvalue weighted by Crippen LogP contribution is -2.34. The third-order valence-electron chi connectivity index (χ3n) is 4.23. The molecule has 0 fully saturated rings. The Labute approximate surface area is 158 Å². The number of hydrogen-bond acceptors (Lipinski definition) is 5. The van der Waals surface area contributed by atoms with Gasteiger partial charge in [-0.15, -0.1) is 0 Å². The lowest BCUT2D eigenvalue weighted by Gasteiger charge is -2.24. The molecule has 0 aliphatic heterocycles. The van der Waals surface area contributed by atoms with Crippen LogP contribution < -0.4 is 0 Å². The van der Waals surface area contributed by atoms with E-state index < -0.39 is 11.5 Å². The lowest BCUT2D eigenvalue weighted by atomic mass is 9.93. The summed E-state index contributed by atoms with van der Waals surface area (Å²) in [5.74, 6) is -0.441. The molecule has 2 aromatic carbocycles. The number of hydrogen-bond donors (Lipinski definition) is 0. The molecule has 0 saturated carbocycles. The van der Waals surface area contributed by atoms with E-state index >= 15 is 0 Å². The monoisotopic (exact) mass is 359 g/mol. The van der Waals surface area contributed by atoms with Crippen molar-refractivity contribution in [3.63, 3.8) is 0 Å². The molecule has 0 aliphatic carbocycles. The first-order chi connectivity index (χ1) is 13.1. The number of ether oxygens (including phenoxy) is 1. The fraction of sp³-hybridized carbons (Fsp3) is 0.182. The summed E-state index contributed by atoms with van der Waals surface area (Å²) >= 11 is 0. The van der Waals surface area contributed by atoms with Crippen molar-refractivity contribution in [2.75, 3.05) is 6.61 Å². The van der Waals surface area contributed by atoms with Crippen molar-refractivity contribution in [3.05, 3.63) is 96.1 Å². The summed E-state index contributed by atoms with van der Waals surface area (Å²) in [6.45, 7) is 3.78. The van der Waals surface area contributed by atoms with Crippen molar-refractivity contribution < 1.29 is 9.53 Å². The van der Waals surface area contributed by atoms with Gasteiger partial charge in [0.2, 0.25) is 0 Å². The molecule has 5 heteroatoms. The van der Waals surface area contributed by atoms with Crippen LogP contribution in [0.1, 0.15) is 30.5 Å². The second-order valence-electron chi connectivity index (χ2n) is 6.11. The highest BCUT2D eigenvalue weighted by atomic mass is 16.5. The van der Waals surface area contributed by atoms with Crippen LogP contribution in [0.5, 0.6) is 0 Å². The fourth-order valence-corrected chi connectivity index (χ4v) is 2.76. The Hall–Kier alpha value is -3.34. The van der Waals surface area contributed by atoms with Gasteiger partial charge in [-0.1, -0.05) is 60.7 Å². The topological polar surface area (TPSA) is 64.4 Å². The van der Waals surface area contributed by atoms with Gasteiger partial charge in [0, 0.05) is 29.1 Å². The zero-order chi connectivity index (χ0) is 19.1. The molecule has 0 amide bonds. The minimum absolute atomic E-state index is 0.268. The van der Waals surface area contributed by atoms with E-state index in [-0.39, 0.29) is 6.61 Å². The van der Waals surface area contributed by atoms with Crippen molar-refractivity contribution in [3.8, 4) is 0 Å². The van der Waals surface area contributed by atoms with E-state index in [2.05, 4.69) is 9.97 Å². The maximum Gasteiger partial charge on any atom is 0.338 e. The maximum atomic E-state index is 12.9. The molecule has 0 bridgehead atoms. The summed E-state index contributed by atoms with van der Waals surface area (Å²) in [7, 11) is 0. The van der Waals surface area contributed by atoms with E-state index in [4.69, 9.17) is 9.73 Å². The highest BCUT2D eigenvalue weighted by molar-refractivity contribution is 6.13. The number of esters is 1. The van der Waals surface area contributed by atoms with E-state index in [1.807, 2.05) is 60.7 Å². The lowest BCUT2D eigenvalue weighted by molar-refractivity contribution is -0.149. The molecule has 1 heterocycles. The van der Waals surface area contributed by atoms with Crippen LogP contribution in [-0.2, 0) is 15.1 Å². The van der Waals surface area contributed by atoms with Gasteiger partial charge in [0.05, 0.1) is 12.3 Å². The predicted octanol–water partition coefficient (Wildman–Crippen LogP) is 3.79. The van der Waals surface area contributed by atoms with Gasteiger partial charge >= 0.3 is 5.97 Å². The molecule has 5 nitrogen and oxygen atoms in total. The summed E-state index contributed by atoms with van der Waals surface area (Å²) < 4.78 is 5.33. The zero-order valence-electron chi connectivity index (χ0n) is 15.4. The summed E-state index contributed by atoms with van der Waals surface area (Å²) in [4.78, 5) is 25.9. The molecule has 27 heavy (non-hydrogen) atoms. The normalized spacial score (nSPS) is 12.7. The Morgan fingerprint density at radius 1 is 0.963 bits per heavy atom. The molecule has 0 aliphatic rings. The smallest absolute Gasteiger partial charge is 0.338 e. The van der Waals surface area contributed by atoms with Gasteiger partial charge in [0.15, 0.2) is 5.54 Å². The number of aliphatic imine (C=N–C) groups is 1. The Morgan fingerprint density at radius 2 is 1.48 bits per heavy atom. The average molecular weight is 359 g/mol. The molecule has 0 N–H and O–H groups in total. The predicted molar refractivity (Wildman–Crippen MR) is 105 cm³/mol. The van der Waals surface area contributed by atoms with E-state index in [1.165, 1.54) is 6.33 Å². The molecule has 136 valence electrons. The van der Waals surface area contributed by atoms with E-state index in [9.17, 15) is 4.79 Å². The number of benzene rings is 2. The van der Waals surface area contributed by atoms with Crippen LogP contribution >= 0.6 is 0 Å². The number of carbonyl (C=O) groups is 1. The summed E-state index contributed by atoms with van der Waals surface area (Å²) in [6.07, 6.45) is 4.62. The van der Waals surface area contributed by atoms with Crippen LogP contribution in [-0.4, -0.2) is 28.3 Å².